The van der Waals surface area contributed by atoms with Crippen LogP contribution >= 0.6 is 27.7 Å². The zero-order valence-electron chi connectivity index (χ0n) is 10.8. The van der Waals surface area contributed by atoms with E-state index in [0.29, 0.717) is 22.8 Å². The zero-order chi connectivity index (χ0) is 14.5. The Morgan fingerprint density at radius 1 is 1.40 bits per heavy atom. The molecule has 0 atom stereocenters. The van der Waals surface area contributed by atoms with E-state index in [2.05, 4.69) is 20.9 Å². The van der Waals surface area contributed by atoms with Crippen molar-refractivity contribution in [3.63, 3.8) is 0 Å². The maximum atomic E-state index is 12.0. The van der Waals surface area contributed by atoms with Crippen LogP contribution in [0.2, 0.25) is 0 Å². The number of nitrogens with zero attached hydrogens (tertiary/aromatic N) is 1. The Morgan fingerprint density at radius 2 is 2.20 bits per heavy atom. The van der Waals surface area contributed by atoms with Gasteiger partial charge in [-0.1, -0.05) is 17.8 Å². The zero-order valence-corrected chi connectivity index (χ0v) is 13.2. The van der Waals surface area contributed by atoms with Crippen molar-refractivity contribution >= 4 is 39.3 Å². The van der Waals surface area contributed by atoms with Crippen LogP contribution in [-0.2, 0) is 4.74 Å². The molecule has 1 aromatic carbocycles. The molecule has 104 valence electrons. The Kier molecular flexibility index (Phi) is 5.03. The third kappa shape index (κ3) is 3.32. The molecule has 0 amide bonds. The molecule has 0 spiro atoms. The number of ether oxygens (including phenoxy) is 1. The van der Waals surface area contributed by atoms with Gasteiger partial charge in [0.2, 0.25) is 0 Å². The summed E-state index contributed by atoms with van der Waals surface area (Å²) in [6.45, 7) is 2.09. The van der Waals surface area contributed by atoms with Gasteiger partial charge in [0.1, 0.15) is 5.03 Å². The second-order valence-electron chi connectivity index (χ2n) is 3.84. The third-order valence-electron chi connectivity index (χ3n) is 2.46. The molecule has 0 fully saturated rings. The predicted molar refractivity (Wildman–Crippen MR) is 82.9 cm³/mol. The normalized spacial score (nSPS) is 10.3. The van der Waals surface area contributed by atoms with Crippen LogP contribution in [0, 0.1) is 0 Å². The summed E-state index contributed by atoms with van der Waals surface area (Å²) in [6.07, 6.45) is 1.69. The predicted octanol–water partition coefficient (Wildman–Crippen LogP) is 3.75. The van der Waals surface area contributed by atoms with Crippen LogP contribution in [-0.4, -0.2) is 17.6 Å². The number of anilines is 1. The van der Waals surface area contributed by atoms with E-state index >= 15 is 0 Å². The number of esters is 1. The van der Waals surface area contributed by atoms with Crippen LogP contribution in [0.4, 0.5) is 5.69 Å². The highest BCUT2D eigenvalue weighted by molar-refractivity contribution is 9.10. The third-order valence-corrected chi connectivity index (χ3v) is 4.55. The standard InChI is InChI=1S/C14H13BrN2O2S/c1-2-19-14(18)9-5-3-7-11(16)12(9)20-13-10(15)6-4-8-17-13/h3-8H,2,16H2,1H3. The maximum Gasteiger partial charge on any atom is 0.339 e. The first-order chi connectivity index (χ1) is 9.63. The molecule has 0 saturated heterocycles. The molecule has 0 bridgehead atoms. The van der Waals surface area contributed by atoms with E-state index in [1.165, 1.54) is 11.8 Å². The van der Waals surface area contributed by atoms with E-state index in [0.717, 1.165) is 9.50 Å². The SMILES string of the molecule is CCOC(=O)c1cccc(N)c1Sc1ncccc1Br. The Balaban J connectivity index is 2.40. The van der Waals surface area contributed by atoms with Gasteiger partial charge in [-0.2, -0.15) is 0 Å². The molecule has 0 aliphatic heterocycles. The minimum Gasteiger partial charge on any atom is -0.462 e. The van der Waals surface area contributed by atoms with Crippen LogP contribution < -0.4 is 5.73 Å². The average molecular weight is 353 g/mol. The highest BCUT2D eigenvalue weighted by Crippen LogP contribution is 2.37. The Bertz CT molecular complexity index is 634. The van der Waals surface area contributed by atoms with Gasteiger partial charge in [0.05, 0.1) is 21.5 Å². The Labute approximate surface area is 129 Å². The first kappa shape index (κ1) is 14.9. The number of nitrogen functional groups attached to an aromatic ring is 1. The van der Waals surface area contributed by atoms with Gasteiger partial charge in [-0.15, -0.1) is 0 Å². The quantitative estimate of drug-likeness (QED) is 0.670. The molecule has 0 aliphatic carbocycles. The second kappa shape index (κ2) is 6.76. The molecule has 1 heterocycles. The van der Waals surface area contributed by atoms with Crippen LogP contribution in [0.3, 0.4) is 0 Å². The lowest BCUT2D eigenvalue weighted by Crippen LogP contribution is -2.07. The molecule has 0 saturated carbocycles. The number of benzene rings is 1. The fourth-order valence-corrected chi connectivity index (χ4v) is 3.00. The van der Waals surface area contributed by atoms with Crippen LogP contribution in [0.1, 0.15) is 17.3 Å². The number of nitrogens with two attached hydrogens (primary N) is 1. The van der Waals surface area contributed by atoms with Crippen molar-refractivity contribution in [1.82, 2.24) is 4.98 Å². The van der Waals surface area contributed by atoms with Crippen molar-refractivity contribution in [2.75, 3.05) is 12.3 Å². The molecular weight excluding hydrogens is 340 g/mol. The van der Waals surface area contributed by atoms with E-state index in [4.69, 9.17) is 10.5 Å². The van der Waals surface area contributed by atoms with Gasteiger partial charge in [-0.05, 0) is 47.1 Å². The molecule has 2 aromatic rings. The Hall–Kier alpha value is -1.53. The Morgan fingerprint density at radius 3 is 2.90 bits per heavy atom. The number of pyridine rings is 1. The van der Waals surface area contributed by atoms with Crippen molar-refractivity contribution in [1.29, 1.82) is 0 Å². The minimum atomic E-state index is -0.380. The van der Waals surface area contributed by atoms with Gasteiger partial charge in [0, 0.05) is 11.9 Å². The number of halogens is 1. The highest BCUT2D eigenvalue weighted by atomic mass is 79.9. The van der Waals surface area contributed by atoms with Gasteiger partial charge < -0.3 is 10.5 Å². The number of carbonyl (C=O) groups excluding carboxylic acids is 1. The van der Waals surface area contributed by atoms with Gasteiger partial charge >= 0.3 is 5.97 Å². The second-order valence-corrected chi connectivity index (χ2v) is 5.69. The lowest BCUT2D eigenvalue weighted by Gasteiger charge is -2.11. The molecule has 0 aliphatic rings. The smallest absolute Gasteiger partial charge is 0.339 e. The summed E-state index contributed by atoms with van der Waals surface area (Å²) in [7, 11) is 0. The van der Waals surface area contributed by atoms with E-state index in [-0.39, 0.29) is 5.97 Å². The van der Waals surface area contributed by atoms with Crippen molar-refractivity contribution in [3.05, 3.63) is 46.6 Å². The van der Waals surface area contributed by atoms with E-state index in [1.54, 1.807) is 31.3 Å². The molecule has 2 N–H and O–H groups in total. The van der Waals surface area contributed by atoms with Crippen molar-refractivity contribution in [2.45, 2.75) is 16.8 Å². The summed E-state index contributed by atoms with van der Waals surface area (Å²) in [5, 5.41) is 0.746. The van der Waals surface area contributed by atoms with Gasteiger partial charge in [-0.25, -0.2) is 9.78 Å². The van der Waals surface area contributed by atoms with Gasteiger partial charge in [0.25, 0.3) is 0 Å². The van der Waals surface area contributed by atoms with Crippen molar-refractivity contribution in [3.8, 4) is 0 Å². The summed E-state index contributed by atoms with van der Waals surface area (Å²) >= 11 is 4.77. The number of hydrogen-bond donors (Lipinski definition) is 1. The topological polar surface area (TPSA) is 65.2 Å². The number of rotatable bonds is 4. The van der Waals surface area contributed by atoms with Gasteiger partial charge in [0.15, 0.2) is 0 Å². The first-order valence-corrected chi connectivity index (χ1v) is 7.58. The summed E-state index contributed by atoms with van der Waals surface area (Å²) in [6, 6.07) is 8.90. The summed E-state index contributed by atoms with van der Waals surface area (Å²) in [5.74, 6) is -0.380. The van der Waals surface area contributed by atoms with Crippen LogP contribution in [0.15, 0.2) is 50.9 Å². The number of hydrogen-bond acceptors (Lipinski definition) is 5. The van der Waals surface area contributed by atoms with Gasteiger partial charge in [-0.3, -0.25) is 0 Å². The molecule has 20 heavy (non-hydrogen) atoms. The molecule has 6 heteroatoms. The van der Waals surface area contributed by atoms with E-state index < -0.39 is 0 Å². The lowest BCUT2D eigenvalue weighted by molar-refractivity contribution is 0.0522. The largest absolute Gasteiger partial charge is 0.462 e. The first-order valence-electron chi connectivity index (χ1n) is 5.97. The monoisotopic (exact) mass is 352 g/mol. The average Bonchev–Trinajstić information content (AvgIpc) is 2.43. The molecular formula is C14H13BrN2O2S. The van der Waals surface area contributed by atoms with Crippen molar-refractivity contribution in [2.24, 2.45) is 0 Å². The molecule has 4 nitrogen and oxygen atoms in total. The lowest BCUT2D eigenvalue weighted by atomic mass is 10.2. The van der Waals surface area contributed by atoms with Crippen LogP contribution in [0.5, 0.6) is 0 Å². The number of aromatic nitrogens is 1. The molecule has 1 aromatic heterocycles. The summed E-state index contributed by atoms with van der Waals surface area (Å²) < 4.78 is 5.90. The summed E-state index contributed by atoms with van der Waals surface area (Å²) in [5.41, 5.74) is 6.96. The molecule has 0 unspecified atom stereocenters. The van der Waals surface area contributed by atoms with Crippen molar-refractivity contribution < 1.29 is 9.53 Å². The highest BCUT2D eigenvalue weighted by Gasteiger charge is 2.17. The molecule has 0 radical (unpaired) electrons. The summed E-state index contributed by atoms with van der Waals surface area (Å²) in [4.78, 5) is 16.9. The fourth-order valence-electron chi connectivity index (χ4n) is 1.58. The van der Waals surface area contributed by atoms with Crippen LogP contribution in [0.25, 0.3) is 0 Å². The molecule has 2 rings (SSSR count). The number of carbonyl (C=O) groups is 1. The van der Waals surface area contributed by atoms with E-state index in [9.17, 15) is 4.79 Å². The fraction of sp³-hybridized carbons (Fsp3) is 0.143. The maximum absolute atomic E-state index is 12.0. The van der Waals surface area contributed by atoms with E-state index in [1.807, 2.05) is 12.1 Å². The minimum absolute atomic E-state index is 0.324.